The van der Waals surface area contributed by atoms with E-state index in [9.17, 15) is 9.90 Å². The molecule has 0 aromatic rings. The third-order valence-corrected chi connectivity index (χ3v) is 2.90. The van der Waals surface area contributed by atoms with Gasteiger partial charge >= 0.3 is 5.97 Å². The molecule has 0 radical (unpaired) electrons. The highest BCUT2D eigenvalue weighted by molar-refractivity contribution is 5.66. The van der Waals surface area contributed by atoms with Crippen LogP contribution in [-0.2, 0) is 23.7 Å². The normalized spacial score (nSPS) is 39.4. The summed E-state index contributed by atoms with van der Waals surface area (Å²) in [5.74, 6) is -1.35. The molecule has 2 fully saturated rings. The van der Waals surface area contributed by atoms with Crippen LogP contribution >= 0.6 is 0 Å². The van der Waals surface area contributed by atoms with Gasteiger partial charge in [-0.05, 0) is 13.8 Å². The second-order valence-electron chi connectivity index (χ2n) is 4.89. The molecular weight excluding hydrogens is 244 g/mol. The van der Waals surface area contributed by atoms with Gasteiger partial charge in [0, 0.05) is 6.92 Å². The Hall–Kier alpha value is -0.730. The fraction of sp³-hybridized carbons (Fsp3) is 0.909. The first-order valence-corrected chi connectivity index (χ1v) is 5.81. The van der Waals surface area contributed by atoms with Crippen LogP contribution in [0.5, 0.6) is 0 Å². The first-order chi connectivity index (χ1) is 8.34. The van der Waals surface area contributed by atoms with Gasteiger partial charge in [-0.2, -0.15) is 0 Å². The third kappa shape index (κ3) is 2.50. The number of carbonyl (C=O) groups is 1. The molecule has 0 aromatic carbocycles. The smallest absolute Gasteiger partial charge is 0.305 e. The summed E-state index contributed by atoms with van der Waals surface area (Å²) in [4.78, 5) is 11.0. The highest BCUT2D eigenvalue weighted by atomic mass is 16.8. The van der Waals surface area contributed by atoms with E-state index in [0.717, 1.165) is 0 Å². The number of fused-ring (bicyclic) bond motifs is 1. The summed E-state index contributed by atoms with van der Waals surface area (Å²) >= 11 is 0. The van der Waals surface area contributed by atoms with Gasteiger partial charge in [0.25, 0.3) is 0 Å². The maximum absolute atomic E-state index is 11.0. The minimum atomic E-state index is -1.12. The van der Waals surface area contributed by atoms with Crippen molar-refractivity contribution in [1.82, 2.24) is 0 Å². The molecule has 5 atom stereocenters. The summed E-state index contributed by atoms with van der Waals surface area (Å²) in [5, 5.41) is 18.7. The van der Waals surface area contributed by atoms with Crippen molar-refractivity contribution in [2.75, 3.05) is 6.61 Å². The van der Waals surface area contributed by atoms with E-state index in [-0.39, 0.29) is 0 Å². The van der Waals surface area contributed by atoms with E-state index in [2.05, 4.69) is 0 Å². The van der Waals surface area contributed by atoms with Crippen molar-refractivity contribution in [3.63, 3.8) is 0 Å². The number of carbonyl (C=O) groups excluding carboxylic acids is 1. The van der Waals surface area contributed by atoms with E-state index in [4.69, 9.17) is 24.1 Å². The Morgan fingerprint density at radius 2 is 2.00 bits per heavy atom. The summed E-state index contributed by atoms with van der Waals surface area (Å²) < 4.78 is 21.6. The Morgan fingerprint density at radius 1 is 1.39 bits per heavy atom. The lowest BCUT2D eigenvalue weighted by Crippen LogP contribution is -2.40. The Labute approximate surface area is 105 Å². The first-order valence-electron chi connectivity index (χ1n) is 5.81. The van der Waals surface area contributed by atoms with Gasteiger partial charge in [0.1, 0.15) is 18.3 Å². The predicted octanol–water partition coefficient (Wildman–Crippen LogP) is -0.852. The summed E-state index contributed by atoms with van der Waals surface area (Å²) in [6, 6.07) is 0. The molecule has 2 aliphatic rings. The maximum Gasteiger partial charge on any atom is 0.305 e. The Kier molecular flexibility index (Phi) is 3.61. The second kappa shape index (κ2) is 4.75. The first kappa shape index (κ1) is 13.7. The molecule has 7 nitrogen and oxygen atoms in total. The van der Waals surface area contributed by atoms with E-state index >= 15 is 0 Å². The quantitative estimate of drug-likeness (QED) is 0.639. The molecule has 0 unspecified atom stereocenters. The van der Waals surface area contributed by atoms with Gasteiger partial charge in [0.05, 0.1) is 6.61 Å². The fourth-order valence-corrected chi connectivity index (χ4v) is 2.26. The van der Waals surface area contributed by atoms with Gasteiger partial charge in [0.2, 0.25) is 6.29 Å². The van der Waals surface area contributed by atoms with Crippen LogP contribution in [0.4, 0.5) is 0 Å². The second-order valence-corrected chi connectivity index (χ2v) is 4.89. The molecule has 2 N–H and O–H groups in total. The van der Waals surface area contributed by atoms with Gasteiger partial charge in [-0.15, -0.1) is 0 Å². The van der Waals surface area contributed by atoms with E-state index in [1.807, 2.05) is 0 Å². The topological polar surface area (TPSA) is 94.5 Å². The van der Waals surface area contributed by atoms with Crippen LogP contribution in [0.3, 0.4) is 0 Å². The lowest BCUT2D eigenvalue weighted by molar-refractivity contribution is -0.240. The van der Waals surface area contributed by atoms with Crippen molar-refractivity contribution in [1.29, 1.82) is 0 Å². The van der Waals surface area contributed by atoms with Gasteiger partial charge in [-0.3, -0.25) is 4.79 Å². The van der Waals surface area contributed by atoms with Crippen LogP contribution in [0.1, 0.15) is 20.8 Å². The van der Waals surface area contributed by atoms with Gasteiger partial charge in [-0.1, -0.05) is 0 Å². The molecule has 18 heavy (non-hydrogen) atoms. The van der Waals surface area contributed by atoms with Crippen LogP contribution < -0.4 is 0 Å². The van der Waals surface area contributed by atoms with Crippen LogP contribution in [0.2, 0.25) is 0 Å². The van der Waals surface area contributed by atoms with Crippen molar-refractivity contribution in [3.8, 4) is 0 Å². The lowest BCUT2D eigenvalue weighted by Gasteiger charge is -2.25. The zero-order valence-corrected chi connectivity index (χ0v) is 10.5. The number of hydrogen-bond donors (Lipinski definition) is 2. The number of aliphatic hydroxyl groups is 2. The molecule has 0 amide bonds. The van der Waals surface area contributed by atoms with Crippen LogP contribution in [-0.4, -0.2) is 59.3 Å². The van der Waals surface area contributed by atoms with E-state index < -0.39 is 49.1 Å². The standard InChI is InChI=1S/C11H18O7/c1-5(13)15-10-9-8(17-11(2,3)18-9)7(16-10)6(14)4-12/h6-10,12,14H,4H2,1-3H3/t6-,7-,8-,9-,10-/m0/s1. The van der Waals surface area contributed by atoms with Crippen LogP contribution in [0.25, 0.3) is 0 Å². The van der Waals surface area contributed by atoms with Crippen LogP contribution in [0.15, 0.2) is 0 Å². The van der Waals surface area contributed by atoms with Gasteiger partial charge < -0.3 is 29.2 Å². The molecule has 2 saturated heterocycles. The maximum atomic E-state index is 11.0. The number of ether oxygens (including phenoxy) is 4. The van der Waals surface area contributed by atoms with Crippen molar-refractivity contribution in [2.24, 2.45) is 0 Å². The highest BCUT2D eigenvalue weighted by Gasteiger charge is 2.58. The Balaban J connectivity index is 2.15. The zero-order valence-electron chi connectivity index (χ0n) is 10.5. The van der Waals surface area contributed by atoms with E-state index in [1.54, 1.807) is 13.8 Å². The van der Waals surface area contributed by atoms with Crippen molar-refractivity contribution >= 4 is 5.97 Å². The minimum absolute atomic E-state index is 0.468. The number of hydrogen-bond acceptors (Lipinski definition) is 7. The SMILES string of the molecule is CC(=O)O[C@H]1O[C@@H]([C@@H](O)CO)[C@@H]2OC(C)(C)O[C@H]12. The Bertz CT molecular complexity index is 329. The summed E-state index contributed by atoms with van der Waals surface area (Å²) in [7, 11) is 0. The van der Waals surface area contributed by atoms with Crippen LogP contribution in [0, 0.1) is 0 Å². The minimum Gasteiger partial charge on any atom is -0.433 e. The van der Waals surface area contributed by atoms with Gasteiger partial charge in [0.15, 0.2) is 11.9 Å². The van der Waals surface area contributed by atoms with E-state index in [1.165, 1.54) is 6.92 Å². The Morgan fingerprint density at radius 3 is 2.56 bits per heavy atom. The van der Waals surface area contributed by atoms with Crippen molar-refractivity contribution < 1.29 is 34.0 Å². The zero-order chi connectivity index (χ0) is 13.5. The molecule has 2 rings (SSSR count). The predicted molar refractivity (Wildman–Crippen MR) is 57.3 cm³/mol. The van der Waals surface area contributed by atoms with Crippen molar-refractivity contribution in [3.05, 3.63) is 0 Å². The average Bonchev–Trinajstić information content (AvgIpc) is 2.72. The average molecular weight is 262 g/mol. The lowest BCUT2D eigenvalue weighted by atomic mass is 10.1. The van der Waals surface area contributed by atoms with Crippen molar-refractivity contribution in [2.45, 2.75) is 57.3 Å². The molecule has 0 spiro atoms. The number of rotatable bonds is 3. The molecule has 7 heteroatoms. The summed E-state index contributed by atoms with van der Waals surface area (Å²) in [6.45, 7) is 4.23. The molecule has 0 aromatic heterocycles. The molecular formula is C11H18O7. The molecule has 2 aliphatic heterocycles. The molecule has 0 bridgehead atoms. The molecule has 0 aliphatic carbocycles. The monoisotopic (exact) mass is 262 g/mol. The number of aliphatic hydroxyl groups excluding tert-OH is 2. The number of esters is 1. The highest BCUT2D eigenvalue weighted by Crippen LogP contribution is 2.40. The molecule has 104 valence electrons. The fourth-order valence-electron chi connectivity index (χ4n) is 2.26. The summed E-state index contributed by atoms with van der Waals surface area (Å²) in [5.41, 5.74) is 0. The third-order valence-electron chi connectivity index (χ3n) is 2.90. The van der Waals surface area contributed by atoms with E-state index in [0.29, 0.717) is 0 Å². The molecule has 2 heterocycles. The largest absolute Gasteiger partial charge is 0.433 e. The molecule has 0 saturated carbocycles. The summed E-state index contributed by atoms with van der Waals surface area (Å²) in [6.07, 6.45) is -4.01. The van der Waals surface area contributed by atoms with Gasteiger partial charge in [-0.25, -0.2) is 0 Å².